The fraction of sp³-hybridized carbons (Fsp3) is 0.273. The highest BCUT2D eigenvalue weighted by molar-refractivity contribution is 5.89. The molecule has 6 nitrogen and oxygen atoms in total. The quantitative estimate of drug-likeness (QED) is 0.767. The lowest BCUT2D eigenvalue weighted by atomic mass is 10.3. The summed E-state index contributed by atoms with van der Waals surface area (Å²) in [5.41, 5.74) is 0.621. The third-order valence-electron chi connectivity index (χ3n) is 2.24. The summed E-state index contributed by atoms with van der Waals surface area (Å²) in [6.07, 6.45) is 1.04. The molecule has 0 aliphatic carbocycles. The summed E-state index contributed by atoms with van der Waals surface area (Å²) in [6.45, 7) is 3.59. The normalized spacial score (nSPS) is 10.4. The van der Waals surface area contributed by atoms with Crippen molar-refractivity contribution < 1.29 is 13.9 Å². The van der Waals surface area contributed by atoms with Crippen molar-refractivity contribution >= 4 is 5.97 Å². The van der Waals surface area contributed by atoms with Crippen LogP contribution >= 0.6 is 0 Å². The van der Waals surface area contributed by atoms with Crippen LogP contribution in [0.3, 0.4) is 0 Å². The molecule has 0 aliphatic heterocycles. The van der Waals surface area contributed by atoms with Crippen LogP contribution in [-0.2, 0) is 4.74 Å². The molecule has 0 amide bonds. The number of pyridine rings is 1. The molecule has 2 aromatic heterocycles. The number of hydrogen-bond acceptors (Lipinski definition) is 5. The molecule has 0 bridgehead atoms. The van der Waals surface area contributed by atoms with E-state index in [1.54, 1.807) is 13.8 Å². The van der Waals surface area contributed by atoms with Gasteiger partial charge in [0.2, 0.25) is 0 Å². The number of aryl methyl sites for hydroxylation is 1. The number of aromatic nitrogens is 4. The summed E-state index contributed by atoms with van der Waals surface area (Å²) in [7, 11) is 0. The van der Waals surface area contributed by atoms with E-state index in [1.165, 1.54) is 16.8 Å². The molecule has 94 valence electrons. The van der Waals surface area contributed by atoms with E-state index in [1.807, 2.05) is 0 Å². The molecule has 2 rings (SSSR count). The lowest BCUT2D eigenvalue weighted by Crippen LogP contribution is -2.14. The van der Waals surface area contributed by atoms with E-state index in [0.29, 0.717) is 11.5 Å². The zero-order valence-corrected chi connectivity index (χ0v) is 9.92. The van der Waals surface area contributed by atoms with Gasteiger partial charge in [-0.15, -0.1) is 5.10 Å². The van der Waals surface area contributed by atoms with Gasteiger partial charge >= 0.3 is 5.97 Å². The van der Waals surface area contributed by atoms with Crippen molar-refractivity contribution in [2.45, 2.75) is 13.8 Å². The Morgan fingerprint density at radius 1 is 1.50 bits per heavy atom. The molecule has 0 spiro atoms. The van der Waals surface area contributed by atoms with Gasteiger partial charge < -0.3 is 4.74 Å². The number of rotatable bonds is 3. The molecule has 0 aromatic carbocycles. The predicted molar refractivity (Wildman–Crippen MR) is 59.8 cm³/mol. The Morgan fingerprint density at radius 3 is 2.89 bits per heavy atom. The van der Waals surface area contributed by atoms with Gasteiger partial charge in [0, 0.05) is 0 Å². The van der Waals surface area contributed by atoms with E-state index in [9.17, 15) is 9.18 Å². The second kappa shape index (κ2) is 4.91. The molecule has 2 heterocycles. The first kappa shape index (κ1) is 12.2. The summed E-state index contributed by atoms with van der Waals surface area (Å²) in [5.74, 6) is -0.695. The summed E-state index contributed by atoms with van der Waals surface area (Å²) in [4.78, 5) is 15.6. The summed E-state index contributed by atoms with van der Waals surface area (Å²) >= 11 is 0. The van der Waals surface area contributed by atoms with Crippen molar-refractivity contribution in [3.8, 4) is 5.82 Å². The third-order valence-corrected chi connectivity index (χ3v) is 2.24. The van der Waals surface area contributed by atoms with Crippen LogP contribution in [0.5, 0.6) is 0 Å². The number of esters is 1. The van der Waals surface area contributed by atoms with Crippen molar-refractivity contribution in [1.29, 1.82) is 0 Å². The largest absolute Gasteiger partial charge is 0.461 e. The van der Waals surface area contributed by atoms with E-state index in [0.717, 1.165) is 6.20 Å². The lowest BCUT2D eigenvalue weighted by molar-refractivity contribution is 0.0514. The molecule has 0 atom stereocenters. The lowest BCUT2D eigenvalue weighted by Gasteiger charge is -2.05. The van der Waals surface area contributed by atoms with E-state index in [2.05, 4.69) is 15.3 Å². The van der Waals surface area contributed by atoms with E-state index >= 15 is 0 Å². The number of carbonyl (C=O) groups is 1. The van der Waals surface area contributed by atoms with Gasteiger partial charge in [-0.3, -0.25) is 0 Å². The first-order valence-corrected chi connectivity index (χ1v) is 5.34. The highest BCUT2D eigenvalue weighted by atomic mass is 19.1. The maximum Gasteiger partial charge on any atom is 0.359 e. The molecule has 18 heavy (non-hydrogen) atoms. The van der Waals surface area contributed by atoms with E-state index < -0.39 is 11.8 Å². The maximum absolute atomic E-state index is 12.8. The molecule has 0 saturated heterocycles. The van der Waals surface area contributed by atoms with Crippen LogP contribution in [0, 0.1) is 12.7 Å². The fourth-order valence-electron chi connectivity index (χ4n) is 1.44. The SMILES string of the molecule is CCOC(=O)c1c(C)nnn1-c1ccc(F)cn1. The molecule has 2 aromatic rings. The Hall–Kier alpha value is -2.31. The van der Waals surface area contributed by atoms with Crippen molar-refractivity contribution in [2.75, 3.05) is 6.61 Å². The monoisotopic (exact) mass is 250 g/mol. The second-order valence-electron chi connectivity index (χ2n) is 3.49. The Kier molecular flexibility index (Phi) is 3.31. The van der Waals surface area contributed by atoms with Crippen LogP contribution in [0.2, 0.25) is 0 Å². The number of carbonyl (C=O) groups excluding carboxylic acids is 1. The fourth-order valence-corrected chi connectivity index (χ4v) is 1.44. The zero-order chi connectivity index (χ0) is 13.1. The standard InChI is InChI=1S/C11H11FN4O2/c1-3-18-11(17)10-7(2)14-15-16(10)9-5-4-8(12)6-13-9/h4-6H,3H2,1-2H3. The van der Waals surface area contributed by atoms with Crippen LogP contribution in [0.15, 0.2) is 18.3 Å². The van der Waals surface area contributed by atoms with Gasteiger partial charge in [-0.1, -0.05) is 5.21 Å². The van der Waals surface area contributed by atoms with E-state index in [4.69, 9.17) is 4.74 Å². The first-order valence-electron chi connectivity index (χ1n) is 5.34. The molecule has 0 fully saturated rings. The van der Waals surface area contributed by atoms with Crippen molar-refractivity contribution in [2.24, 2.45) is 0 Å². The summed E-state index contributed by atoms with van der Waals surface area (Å²) < 4.78 is 18.9. The van der Waals surface area contributed by atoms with E-state index in [-0.39, 0.29) is 12.3 Å². The number of halogens is 1. The van der Waals surface area contributed by atoms with Crippen molar-refractivity contribution in [1.82, 2.24) is 20.0 Å². The van der Waals surface area contributed by atoms with Crippen LogP contribution in [0.1, 0.15) is 23.1 Å². The van der Waals surface area contributed by atoms with Crippen LogP contribution in [0.25, 0.3) is 5.82 Å². The Balaban J connectivity index is 2.45. The number of ether oxygens (including phenoxy) is 1. The number of hydrogen-bond donors (Lipinski definition) is 0. The minimum Gasteiger partial charge on any atom is -0.461 e. The second-order valence-corrected chi connectivity index (χ2v) is 3.49. The predicted octanol–water partition coefficient (Wildman–Crippen LogP) is 1.29. The summed E-state index contributed by atoms with van der Waals surface area (Å²) in [5, 5.41) is 7.60. The molecule has 0 radical (unpaired) electrons. The van der Waals surface area contributed by atoms with Crippen LogP contribution in [0.4, 0.5) is 4.39 Å². The molecular formula is C11H11FN4O2. The first-order chi connectivity index (χ1) is 8.63. The Morgan fingerprint density at radius 2 is 2.28 bits per heavy atom. The Bertz CT molecular complexity index is 565. The molecule has 0 N–H and O–H groups in total. The Labute approximate surface area is 102 Å². The maximum atomic E-state index is 12.8. The zero-order valence-electron chi connectivity index (χ0n) is 9.92. The van der Waals surface area contributed by atoms with Gasteiger partial charge in [-0.05, 0) is 26.0 Å². The highest BCUT2D eigenvalue weighted by Crippen LogP contribution is 2.12. The smallest absolute Gasteiger partial charge is 0.359 e. The van der Waals surface area contributed by atoms with Gasteiger partial charge in [-0.2, -0.15) is 4.68 Å². The summed E-state index contributed by atoms with van der Waals surface area (Å²) in [6, 6.07) is 2.64. The minimum atomic E-state index is -0.536. The number of nitrogens with zero attached hydrogens (tertiary/aromatic N) is 4. The van der Waals surface area contributed by atoms with Gasteiger partial charge in [0.25, 0.3) is 0 Å². The van der Waals surface area contributed by atoms with Gasteiger partial charge in [-0.25, -0.2) is 14.2 Å². The van der Waals surface area contributed by atoms with Gasteiger partial charge in [0.1, 0.15) is 5.82 Å². The average Bonchev–Trinajstić information content (AvgIpc) is 2.72. The third kappa shape index (κ3) is 2.20. The molecule has 0 saturated carbocycles. The molecular weight excluding hydrogens is 239 g/mol. The minimum absolute atomic E-state index is 0.191. The van der Waals surface area contributed by atoms with Crippen LogP contribution in [-0.4, -0.2) is 32.6 Å². The average molecular weight is 250 g/mol. The van der Waals surface area contributed by atoms with Gasteiger partial charge in [0.05, 0.1) is 18.5 Å². The van der Waals surface area contributed by atoms with Crippen LogP contribution < -0.4 is 0 Å². The van der Waals surface area contributed by atoms with Crippen molar-refractivity contribution in [3.05, 3.63) is 35.5 Å². The highest BCUT2D eigenvalue weighted by Gasteiger charge is 2.20. The molecule has 7 heteroatoms. The van der Waals surface area contributed by atoms with Gasteiger partial charge in [0.15, 0.2) is 11.5 Å². The van der Waals surface area contributed by atoms with Crippen molar-refractivity contribution in [3.63, 3.8) is 0 Å². The topological polar surface area (TPSA) is 69.9 Å². The molecule has 0 unspecified atom stereocenters. The molecule has 0 aliphatic rings.